The Morgan fingerprint density at radius 1 is 1.20 bits per heavy atom. The third kappa shape index (κ3) is 3.35. The van der Waals surface area contributed by atoms with Gasteiger partial charge in [-0.1, -0.05) is 30.3 Å². The summed E-state index contributed by atoms with van der Waals surface area (Å²) in [5, 5.41) is 21.0. The molecule has 4 nitrogen and oxygen atoms in total. The van der Waals surface area contributed by atoms with Gasteiger partial charge in [0, 0.05) is 5.56 Å². The topological polar surface area (TPSA) is 62.1 Å². The van der Waals surface area contributed by atoms with Crippen molar-refractivity contribution in [3.8, 4) is 11.8 Å². The molecule has 0 N–H and O–H groups in total. The van der Waals surface area contributed by atoms with Gasteiger partial charge >= 0.3 is 0 Å². The zero-order valence-electron chi connectivity index (χ0n) is 11.1. The van der Waals surface area contributed by atoms with Crippen LogP contribution in [-0.4, -0.2) is 7.11 Å². The summed E-state index contributed by atoms with van der Waals surface area (Å²) in [4.78, 5) is 0. The minimum Gasteiger partial charge on any atom is -0.497 e. The van der Waals surface area contributed by atoms with E-state index in [9.17, 15) is 5.11 Å². The van der Waals surface area contributed by atoms with Crippen molar-refractivity contribution >= 4 is 0 Å². The number of hydrogen-bond acceptors (Lipinski definition) is 3. The normalized spacial score (nSPS) is 11.7. The predicted octanol–water partition coefficient (Wildman–Crippen LogP) is 3.21. The summed E-state index contributed by atoms with van der Waals surface area (Å²) in [6.07, 6.45) is -1.38. The van der Waals surface area contributed by atoms with E-state index in [1.807, 2.05) is 30.3 Å². The van der Waals surface area contributed by atoms with Crippen LogP contribution in [0.4, 0.5) is 0 Å². The van der Waals surface area contributed by atoms with E-state index in [4.69, 9.17) is 14.7 Å². The van der Waals surface area contributed by atoms with Gasteiger partial charge in [0.25, 0.3) is 0 Å². The van der Waals surface area contributed by atoms with Crippen LogP contribution in [0, 0.1) is 11.3 Å². The fraction of sp³-hybridized carbons (Fsp3) is 0.188. The first-order chi connectivity index (χ1) is 9.74. The van der Waals surface area contributed by atoms with Crippen molar-refractivity contribution in [2.75, 3.05) is 7.11 Å². The molecule has 0 aromatic heterocycles. The summed E-state index contributed by atoms with van der Waals surface area (Å²) in [7, 11) is 1.58. The molecule has 1 atom stereocenters. The molecule has 0 aliphatic rings. The van der Waals surface area contributed by atoms with Crippen molar-refractivity contribution < 1.29 is 14.6 Å². The Morgan fingerprint density at radius 2 is 2.00 bits per heavy atom. The maximum atomic E-state index is 12.0. The van der Waals surface area contributed by atoms with E-state index in [0.29, 0.717) is 16.9 Å². The number of benzene rings is 2. The van der Waals surface area contributed by atoms with Crippen molar-refractivity contribution in [3.05, 3.63) is 65.2 Å². The van der Waals surface area contributed by atoms with E-state index in [-0.39, 0.29) is 6.61 Å². The zero-order valence-corrected chi connectivity index (χ0v) is 11.1. The van der Waals surface area contributed by atoms with Gasteiger partial charge in [0.2, 0.25) is 6.29 Å². The fourth-order valence-electron chi connectivity index (χ4n) is 1.83. The van der Waals surface area contributed by atoms with Crippen LogP contribution in [-0.2, 0) is 16.5 Å². The monoisotopic (exact) mass is 268 g/mol. The van der Waals surface area contributed by atoms with E-state index in [1.54, 1.807) is 31.4 Å². The lowest BCUT2D eigenvalue weighted by molar-refractivity contribution is -0.152. The van der Waals surface area contributed by atoms with Gasteiger partial charge in [-0.25, -0.2) is 0 Å². The van der Waals surface area contributed by atoms with Crippen LogP contribution < -0.4 is 4.74 Å². The molecule has 0 saturated heterocycles. The van der Waals surface area contributed by atoms with E-state index in [1.165, 1.54) is 0 Å². The third-order valence-corrected chi connectivity index (χ3v) is 2.87. The first-order valence-corrected chi connectivity index (χ1v) is 6.14. The summed E-state index contributed by atoms with van der Waals surface area (Å²) in [6.45, 7) is 0.172. The molecular formula is C16H14NO3. The van der Waals surface area contributed by atoms with Crippen LogP contribution in [0.1, 0.15) is 23.0 Å². The number of ether oxygens (including phenoxy) is 2. The molecule has 20 heavy (non-hydrogen) atoms. The third-order valence-electron chi connectivity index (χ3n) is 2.87. The summed E-state index contributed by atoms with van der Waals surface area (Å²) in [5.41, 5.74) is 1.55. The lowest BCUT2D eigenvalue weighted by atomic mass is 10.1. The predicted molar refractivity (Wildman–Crippen MR) is 72.4 cm³/mol. The highest BCUT2D eigenvalue weighted by atomic mass is 16.6. The molecule has 1 unspecified atom stereocenters. The second-order valence-electron chi connectivity index (χ2n) is 4.19. The quantitative estimate of drug-likeness (QED) is 0.782. The molecule has 0 heterocycles. The van der Waals surface area contributed by atoms with Gasteiger partial charge in [-0.05, 0) is 23.8 Å². The van der Waals surface area contributed by atoms with Gasteiger partial charge in [0.05, 0.1) is 25.3 Å². The maximum Gasteiger partial charge on any atom is 0.219 e. The minimum absolute atomic E-state index is 0.172. The van der Waals surface area contributed by atoms with Crippen molar-refractivity contribution in [1.82, 2.24) is 0 Å². The standard InChI is InChI=1S/C16H14NO3/c1-19-14-7-4-5-12(9-14)11-20-16(18)15-8-3-2-6-13(15)10-17/h2-9,16H,11H2,1H3. The molecule has 0 saturated carbocycles. The highest BCUT2D eigenvalue weighted by Crippen LogP contribution is 2.21. The van der Waals surface area contributed by atoms with Crippen molar-refractivity contribution in [2.24, 2.45) is 0 Å². The fourth-order valence-corrected chi connectivity index (χ4v) is 1.83. The van der Waals surface area contributed by atoms with E-state index in [2.05, 4.69) is 0 Å². The second-order valence-corrected chi connectivity index (χ2v) is 4.19. The van der Waals surface area contributed by atoms with Gasteiger partial charge in [-0.2, -0.15) is 10.4 Å². The summed E-state index contributed by atoms with van der Waals surface area (Å²) < 4.78 is 10.4. The Bertz CT molecular complexity index is 619. The summed E-state index contributed by atoms with van der Waals surface area (Å²) in [5.74, 6) is 0.714. The molecule has 0 bridgehead atoms. The Morgan fingerprint density at radius 3 is 2.75 bits per heavy atom. The lowest BCUT2D eigenvalue weighted by Crippen LogP contribution is -2.04. The van der Waals surface area contributed by atoms with Crippen LogP contribution in [0.3, 0.4) is 0 Å². The molecule has 4 heteroatoms. The summed E-state index contributed by atoms with van der Waals surface area (Å²) in [6, 6.07) is 16.0. The molecule has 0 spiro atoms. The van der Waals surface area contributed by atoms with Gasteiger partial charge in [0.1, 0.15) is 5.75 Å². The zero-order chi connectivity index (χ0) is 14.4. The molecule has 2 rings (SSSR count). The van der Waals surface area contributed by atoms with Gasteiger partial charge in [-0.15, -0.1) is 0 Å². The van der Waals surface area contributed by atoms with E-state index >= 15 is 0 Å². The number of nitriles is 1. The van der Waals surface area contributed by atoms with Crippen molar-refractivity contribution in [2.45, 2.75) is 12.9 Å². The maximum absolute atomic E-state index is 12.0. The molecule has 0 amide bonds. The average molecular weight is 268 g/mol. The molecule has 0 fully saturated rings. The van der Waals surface area contributed by atoms with Crippen LogP contribution in [0.25, 0.3) is 0 Å². The van der Waals surface area contributed by atoms with Crippen LogP contribution in [0.5, 0.6) is 5.75 Å². The Labute approximate surface area is 117 Å². The first kappa shape index (κ1) is 14.1. The number of nitrogens with zero attached hydrogens (tertiary/aromatic N) is 1. The van der Waals surface area contributed by atoms with Crippen LogP contribution >= 0.6 is 0 Å². The Balaban J connectivity index is 2.05. The van der Waals surface area contributed by atoms with Crippen LogP contribution in [0.15, 0.2) is 48.5 Å². The highest BCUT2D eigenvalue weighted by Gasteiger charge is 2.14. The molecule has 1 radical (unpaired) electrons. The lowest BCUT2D eigenvalue weighted by Gasteiger charge is -2.12. The van der Waals surface area contributed by atoms with Crippen molar-refractivity contribution in [1.29, 1.82) is 5.26 Å². The SMILES string of the molecule is COc1cccc(COC([O])c2ccccc2C#N)c1. The largest absolute Gasteiger partial charge is 0.497 e. The molecule has 2 aromatic carbocycles. The van der Waals surface area contributed by atoms with Crippen LogP contribution in [0.2, 0.25) is 0 Å². The molecule has 0 aliphatic heterocycles. The smallest absolute Gasteiger partial charge is 0.219 e. The number of hydrogen-bond donors (Lipinski definition) is 0. The van der Waals surface area contributed by atoms with Gasteiger partial charge in [-0.3, -0.25) is 0 Å². The number of rotatable bonds is 5. The summed E-state index contributed by atoms with van der Waals surface area (Å²) >= 11 is 0. The molecular weight excluding hydrogens is 254 g/mol. The number of methoxy groups -OCH3 is 1. The molecule has 2 aromatic rings. The Hall–Kier alpha value is -2.35. The molecule has 0 aliphatic carbocycles. The molecule has 101 valence electrons. The first-order valence-electron chi connectivity index (χ1n) is 6.14. The van der Waals surface area contributed by atoms with E-state index in [0.717, 1.165) is 5.56 Å². The average Bonchev–Trinajstić information content (AvgIpc) is 2.52. The van der Waals surface area contributed by atoms with E-state index < -0.39 is 6.29 Å². The highest BCUT2D eigenvalue weighted by molar-refractivity contribution is 5.38. The van der Waals surface area contributed by atoms with Gasteiger partial charge in [0.15, 0.2) is 0 Å². The van der Waals surface area contributed by atoms with Crippen molar-refractivity contribution in [3.63, 3.8) is 0 Å². The minimum atomic E-state index is -1.38. The Kier molecular flexibility index (Phi) is 4.72. The second kappa shape index (κ2) is 6.71. The van der Waals surface area contributed by atoms with Gasteiger partial charge < -0.3 is 9.47 Å².